The van der Waals surface area contributed by atoms with Crippen LogP contribution in [0.5, 0.6) is 0 Å². The number of carbonyl (C=O) groups is 2. The maximum absolute atomic E-state index is 11.3. The SMILES string of the molecule is NC1C2C=CC(C(=O)O)(CC2)C1(N)C(=O)O. The van der Waals surface area contributed by atoms with E-state index in [1.807, 2.05) is 0 Å². The highest BCUT2D eigenvalue weighted by atomic mass is 16.4. The van der Waals surface area contributed by atoms with Crippen LogP contribution in [0.25, 0.3) is 0 Å². The van der Waals surface area contributed by atoms with Gasteiger partial charge in [0, 0.05) is 6.04 Å². The molecule has 3 aliphatic rings. The molecule has 0 saturated heterocycles. The Bertz CT molecular complexity index is 394. The second-order valence-electron chi connectivity index (χ2n) is 4.54. The lowest BCUT2D eigenvalue weighted by Gasteiger charge is -2.53. The molecule has 4 unspecified atom stereocenters. The molecule has 6 N–H and O–H groups in total. The topological polar surface area (TPSA) is 127 Å². The number of hydrogen-bond acceptors (Lipinski definition) is 4. The maximum Gasteiger partial charge on any atom is 0.326 e. The van der Waals surface area contributed by atoms with Crippen molar-refractivity contribution in [2.75, 3.05) is 0 Å². The first kappa shape index (κ1) is 11.1. The van der Waals surface area contributed by atoms with Crippen molar-refractivity contribution >= 4 is 11.9 Å². The predicted molar refractivity (Wildman–Crippen MR) is 54.5 cm³/mol. The molecule has 6 heteroatoms. The minimum Gasteiger partial charge on any atom is -0.481 e. The van der Waals surface area contributed by atoms with Crippen LogP contribution in [0, 0.1) is 11.3 Å². The quantitative estimate of drug-likeness (QED) is 0.454. The normalized spacial score (nSPS) is 45.6. The van der Waals surface area contributed by atoms with Gasteiger partial charge < -0.3 is 21.7 Å². The summed E-state index contributed by atoms with van der Waals surface area (Å²) in [5.74, 6) is -2.72. The standard InChI is InChI=1S/C10H14N2O4/c11-6-5-1-3-9(4-2-5,7(13)14)10(6,12)8(15)16/h1,3,5-6H,2,4,11-12H2,(H,13,14)(H,15,16). The van der Waals surface area contributed by atoms with Crippen LogP contribution in [-0.2, 0) is 9.59 Å². The monoisotopic (exact) mass is 226 g/mol. The number of carboxylic acids is 2. The molecule has 0 amide bonds. The van der Waals surface area contributed by atoms with Gasteiger partial charge in [-0.05, 0) is 18.8 Å². The Morgan fingerprint density at radius 2 is 1.94 bits per heavy atom. The molecule has 0 aromatic heterocycles. The summed E-state index contributed by atoms with van der Waals surface area (Å²) in [6.45, 7) is 0. The average Bonchev–Trinajstić information content (AvgIpc) is 2.25. The van der Waals surface area contributed by atoms with Crippen LogP contribution in [0.1, 0.15) is 12.8 Å². The highest BCUT2D eigenvalue weighted by Crippen LogP contribution is 2.50. The van der Waals surface area contributed by atoms with Gasteiger partial charge in [0.2, 0.25) is 0 Å². The largest absolute Gasteiger partial charge is 0.481 e. The second-order valence-corrected chi connectivity index (χ2v) is 4.54. The number of aliphatic carboxylic acids is 2. The van der Waals surface area contributed by atoms with Crippen LogP contribution in [0.2, 0.25) is 0 Å². The highest BCUT2D eigenvalue weighted by Gasteiger charge is 2.66. The fraction of sp³-hybridized carbons (Fsp3) is 0.600. The smallest absolute Gasteiger partial charge is 0.326 e. The molecule has 0 spiro atoms. The maximum atomic E-state index is 11.3. The van der Waals surface area contributed by atoms with Gasteiger partial charge in [-0.3, -0.25) is 9.59 Å². The van der Waals surface area contributed by atoms with E-state index in [1.165, 1.54) is 6.08 Å². The molecule has 2 bridgehead atoms. The van der Waals surface area contributed by atoms with Crippen molar-refractivity contribution in [2.24, 2.45) is 22.8 Å². The molecule has 1 saturated carbocycles. The van der Waals surface area contributed by atoms with Crippen molar-refractivity contribution in [3.63, 3.8) is 0 Å². The van der Waals surface area contributed by atoms with Crippen LogP contribution in [0.3, 0.4) is 0 Å². The van der Waals surface area contributed by atoms with Crippen molar-refractivity contribution in [1.82, 2.24) is 0 Å². The van der Waals surface area contributed by atoms with Gasteiger partial charge in [0.1, 0.15) is 11.0 Å². The molecule has 16 heavy (non-hydrogen) atoms. The van der Waals surface area contributed by atoms with Gasteiger partial charge in [-0.2, -0.15) is 0 Å². The number of hydrogen-bond donors (Lipinski definition) is 4. The molecular formula is C10H14N2O4. The molecule has 6 nitrogen and oxygen atoms in total. The van der Waals surface area contributed by atoms with Gasteiger partial charge in [0.25, 0.3) is 0 Å². The molecule has 0 aromatic carbocycles. The summed E-state index contributed by atoms with van der Waals surface area (Å²) in [5.41, 5.74) is 8.12. The molecule has 0 aliphatic heterocycles. The molecule has 1 fully saturated rings. The lowest BCUT2D eigenvalue weighted by molar-refractivity contribution is -0.167. The van der Waals surface area contributed by atoms with E-state index >= 15 is 0 Å². The molecular weight excluding hydrogens is 212 g/mol. The second kappa shape index (κ2) is 3.05. The van der Waals surface area contributed by atoms with Crippen LogP contribution < -0.4 is 11.5 Å². The zero-order valence-corrected chi connectivity index (χ0v) is 8.59. The van der Waals surface area contributed by atoms with Gasteiger partial charge in [-0.15, -0.1) is 0 Å². The Labute approximate surface area is 91.9 Å². The van der Waals surface area contributed by atoms with Gasteiger partial charge >= 0.3 is 11.9 Å². The van der Waals surface area contributed by atoms with Crippen molar-refractivity contribution in [3.8, 4) is 0 Å². The summed E-state index contributed by atoms with van der Waals surface area (Å²) in [5, 5.41) is 18.5. The Kier molecular flexibility index (Phi) is 2.12. The highest BCUT2D eigenvalue weighted by molar-refractivity contribution is 5.93. The lowest BCUT2D eigenvalue weighted by atomic mass is 9.52. The molecule has 0 aromatic rings. The lowest BCUT2D eigenvalue weighted by Crippen LogP contribution is -2.77. The summed E-state index contributed by atoms with van der Waals surface area (Å²) < 4.78 is 0. The first-order chi connectivity index (χ1) is 7.36. The van der Waals surface area contributed by atoms with E-state index in [0.29, 0.717) is 6.42 Å². The number of nitrogens with two attached hydrogens (primary N) is 2. The van der Waals surface area contributed by atoms with E-state index in [1.54, 1.807) is 6.08 Å². The molecule has 88 valence electrons. The summed E-state index contributed by atoms with van der Waals surface area (Å²) in [6.07, 6.45) is 3.87. The van der Waals surface area contributed by atoms with Crippen LogP contribution in [0.15, 0.2) is 12.2 Å². The minimum absolute atomic E-state index is 0.151. The van der Waals surface area contributed by atoms with E-state index in [-0.39, 0.29) is 12.3 Å². The molecule has 4 atom stereocenters. The van der Waals surface area contributed by atoms with Crippen molar-refractivity contribution < 1.29 is 19.8 Å². The van der Waals surface area contributed by atoms with E-state index in [2.05, 4.69) is 0 Å². The number of fused-ring (bicyclic) bond motifs is 2. The summed E-state index contributed by atoms with van der Waals surface area (Å²) in [7, 11) is 0. The van der Waals surface area contributed by atoms with Crippen LogP contribution >= 0.6 is 0 Å². The molecule has 3 rings (SSSR count). The Morgan fingerprint density at radius 1 is 1.31 bits per heavy atom. The average molecular weight is 226 g/mol. The Balaban J connectivity index is 2.63. The fourth-order valence-electron chi connectivity index (χ4n) is 2.83. The molecule has 0 heterocycles. The zero-order valence-electron chi connectivity index (χ0n) is 8.59. The molecule has 0 radical (unpaired) electrons. The van der Waals surface area contributed by atoms with Crippen LogP contribution in [-0.4, -0.2) is 33.7 Å². The predicted octanol–water partition coefficient (Wildman–Crippen LogP) is -0.853. The van der Waals surface area contributed by atoms with E-state index in [9.17, 15) is 19.8 Å². The van der Waals surface area contributed by atoms with Gasteiger partial charge in [-0.25, -0.2) is 0 Å². The van der Waals surface area contributed by atoms with Crippen LogP contribution in [0.4, 0.5) is 0 Å². The van der Waals surface area contributed by atoms with Gasteiger partial charge in [0.05, 0.1) is 0 Å². The third kappa shape index (κ3) is 0.980. The number of rotatable bonds is 2. The van der Waals surface area contributed by atoms with Gasteiger partial charge in [0.15, 0.2) is 0 Å². The van der Waals surface area contributed by atoms with E-state index in [4.69, 9.17) is 11.5 Å². The van der Waals surface area contributed by atoms with Crippen molar-refractivity contribution in [1.29, 1.82) is 0 Å². The molecule has 3 aliphatic carbocycles. The third-order valence-electron chi connectivity index (χ3n) is 3.96. The fourth-order valence-corrected chi connectivity index (χ4v) is 2.83. The number of carboxylic acid groups (broad SMARTS) is 2. The zero-order chi connectivity index (χ0) is 12.1. The van der Waals surface area contributed by atoms with Crippen molar-refractivity contribution in [2.45, 2.75) is 24.4 Å². The Morgan fingerprint density at radius 3 is 2.25 bits per heavy atom. The summed E-state index contributed by atoms with van der Waals surface area (Å²) in [6, 6.07) is -0.861. The minimum atomic E-state index is -1.92. The summed E-state index contributed by atoms with van der Waals surface area (Å²) in [4.78, 5) is 22.6. The van der Waals surface area contributed by atoms with E-state index < -0.39 is 28.9 Å². The van der Waals surface area contributed by atoms with Crippen molar-refractivity contribution in [3.05, 3.63) is 12.2 Å². The van der Waals surface area contributed by atoms with E-state index in [0.717, 1.165) is 0 Å². The first-order valence-electron chi connectivity index (χ1n) is 5.07. The Hall–Kier alpha value is -1.40. The third-order valence-corrected chi connectivity index (χ3v) is 3.96. The first-order valence-corrected chi connectivity index (χ1v) is 5.07. The summed E-state index contributed by atoms with van der Waals surface area (Å²) >= 11 is 0. The van der Waals surface area contributed by atoms with Gasteiger partial charge in [-0.1, -0.05) is 12.2 Å².